The zero-order valence-corrected chi connectivity index (χ0v) is 8.75. The highest BCUT2D eigenvalue weighted by Gasteiger charge is 2.43. The second kappa shape index (κ2) is 3.26. The average Bonchev–Trinajstić information content (AvgIpc) is 2.19. The number of ketones is 1. The summed E-state index contributed by atoms with van der Waals surface area (Å²) in [7, 11) is 1.64. The number of allylic oxidation sites excluding steroid dienone is 4. The zero-order valence-electron chi connectivity index (χ0n) is 8.75. The number of hydrogen-bond acceptors (Lipinski definition) is 2. The highest BCUT2D eigenvalue weighted by Crippen LogP contribution is 2.45. The molecule has 0 radical (unpaired) electrons. The van der Waals surface area contributed by atoms with Gasteiger partial charge in [-0.1, -0.05) is 19.1 Å². The molecule has 14 heavy (non-hydrogen) atoms. The van der Waals surface area contributed by atoms with Gasteiger partial charge in [0.15, 0.2) is 5.78 Å². The van der Waals surface area contributed by atoms with E-state index in [-0.39, 0.29) is 11.2 Å². The molecule has 0 aromatic heterocycles. The SMILES string of the molecule is COC1=CC(=O)C2(C)CC=CCC2C1. The Hall–Kier alpha value is -1.05. The van der Waals surface area contributed by atoms with Crippen molar-refractivity contribution in [3.63, 3.8) is 0 Å². The lowest BCUT2D eigenvalue weighted by Crippen LogP contribution is -2.39. The van der Waals surface area contributed by atoms with Crippen LogP contribution in [-0.4, -0.2) is 12.9 Å². The molecular weight excluding hydrogens is 176 g/mol. The molecule has 0 saturated carbocycles. The van der Waals surface area contributed by atoms with E-state index in [0.29, 0.717) is 5.92 Å². The van der Waals surface area contributed by atoms with Crippen LogP contribution in [0.15, 0.2) is 24.0 Å². The molecule has 2 unspecified atom stereocenters. The number of hydrogen-bond donors (Lipinski definition) is 0. The lowest BCUT2D eigenvalue weighted by Gasteiger charge is -2.40. The molecule has 0 amide bonds. The van der Waals surface area contributed by atoms with Crippen molar-refractivity contribution >= 4 is 5.78 Å². The van der Waals surface area contributed by atoms with Crippen LogP contribution in [0.3, 0.4) is 0 Å². The first-order chi connectivity index (χ1) is 6.66. The van der Waals surface area contributed by atoms with Gasteiger partial charge in [-0.05, 0) is 18.8 Å². The van der Waals surface area contributed by atoms with Gasteiger partial charge in [-0.2, -0.15) is 0 Å². The van der Waals surface area contributed by atoms with Crippen LogP contribution in [0.2, 0.25) is 0 Å². The van der Waals surface area contributed by atoms with Gasteiger partial charge in [-0.25, -0.2) is 0 Å². The normalized spacial score (nSPS) is 36.3. The van der Waals surface area contributed by atoms with E-state index < -0.39 is 0 Å². The molecule has 2 nitrogen and oxygen atoms in total. The Balaban J connectivity index is 2.32. The Kier molecular flexibility index (Phi) is 2.22. The molecule has 2 atom stereocenters. The summed E-state index contributed by atoms with van der Waals surface area (Å²) in [6.07, 6.45) is 8.77. The Morgan fingerprint density at radius 3 is 3.00 bits per heavy atom. The van der Waals surface area contributed by atoms with Crippen LogP contribution in [0.5, 0.6) is 0 Å². The van der Waals surface area contributed by atoms with Gasteiger partial charge in [0, 0.05) is 17.9 Å². The van der Waals surface area contributed by atoms with Gasteiger partial charge in [0.05, 0.1) is 12.9 Å². The van der Waals surface area contributed by atoms with Gasteiger partial charge >= 0.3 is 0 Å². The number of carbonyl (C=O) groups excluding carboxylic acids is 1. The fourth-order valence-corrected chi connectivity index (χ4v) is 2.38. The molecule has 0 spiro atoms. The first-order valence-electron chi connectivity index (χ1n) is 5.11. The molecule has 0 N–H and O–H groups in total. The fourth-order valence-electron chi connectivity index (χ4n) is 2.38. The molecule has 0 heterocycles. The van der Waals surface area contributed by atoms with Gasteiger partial charge < -0.3 is 4.74 Å². The van der Waals surface area contributed by atoms with Crippen LogP contribution in [0.1, 0.15) is 26.2 Å². The van der Waals surface area contributed by atoms with Gasteiger partial charge in [-0.15, -0.1) is 0 Å². The molecule has 0 saturated heterocycles. The van der Waals surface area contributed by atoms with Crippen molar-refractivity contribution in [3.05, 3.63) is 24.0 Å². The molecule has 76 valence electrons. The monoisotopic (exact) mass is 192 g/mol. The third-order valence-corrected chi connectivity index (χ3v) is 3.59. The Morgan fingerprint density at radius 2 is 2.29 bits per heavy atom. The first kappa shape index (κ1) is 9.50. The van der Waals surface area contributed by atoms with E-state index >= 15 is 0 Å². The van der Waals surface area contributed by atoms with Gasteiger partial charge in [0.1, 0.15) is 0 Å². The Labute approximate surface area is 84.6 Å². The van der Waals surface area contributed by atoms with Crippen LogP contribution >= 0.6 is 0 Å². The molecule has 0 aromatic carbocycles. The minimum atomic E-state index is -0.170. The second-order valence-electron chi connectivity index (χ2n) is 4.41. The van der Waals surface area contributed by atoms with Gasteiger partial charge in [0.25, 0.3) is 0 Å². The smallest absolute Gasteiger partial charge is 0.165 e. The number of carbonyl (C=O) groups is 1. The van der Waals surface area contributed by atoms with E-state index in [1.165, 1.54) is 0 Å². The van der Waals surface area contributed by atoms with E-state index in [1.807, 2.05) is 0 Å². The summed E-state index contributed by atoms with van der Waals surface area (Å²) in [6, 6.07) is 0. The minimum Gasteiger partial charge on any atom is -0.501 e. The third kappa shape index (κ3) is 1.29. The van der Waals surface area contributed by atoms with E-state index in [9.17, 15) is 4.79 Å². The van der Waals surface area contributed by atoms with E-state index in [2.05, 4.69) is 19.1 Å². The maximum Gasteiger partial charge on any atom is 0.165 e. The van der Waals surface area contributed by atoms with E-state index in [0.717, 1.165) is 25.0 Å². The van der Waals surface area contributed by atoms with Gasteiger partial charge in [0.2, 0.25) is 0 Å². The molecule has 2 aliphatic rings. The molecular formula is C12H16O2. The van der Waals surface area contributed by atoms with Crippen molar-refractivity contribution in [2.75, 3.05) is 7.11 Å². The lowest BCUT2D eigenvalue weighted by atomic mass is 9.63. The van der Waals surface area contributed by atoms with Crippen LogP contribution in [0.25, 0.3) is 0 Å². The summed E-state index contributed by atoms with van der Waals surface area (Å²) in [5, 5.41) is 0. The molecule has 2 rings (SSSR count). The van der Waals surface area contributed by atoms with E-state index in [1.54, 1.807) is 13.2 Å². The topological polar surface area (TPSA) is 26.3 Å². The largest absolute Gasteiger partial charge is 0.501 e. The van der Waals surface area contributed by atoms with Crippen LogP contribution in [-0.2, 0) is 9.53 Å². The Morgan fingerprint density at radius 1 is 1.50 bits per heavy atom. The molecule has 0 aliphatic heterocycles. The molecule has 2 heteroatoms. The van der Waals surface area contributed by atoms with Crippen molar-refractivity contribution in [1.29, 1.82) is 0 Å². The summed E-state index contributed by atoms with van der Waals surface area (Å²) in [5.74, 6) is 1.50. The first-order valence-corrected chi connectivity index (χ1v) is 5.11. The van der Waals surface area contributed by atoms with Gasteiger partial charge in [-0.3, -0.25) is 4.79 Å². The number of methoxy groups -OCH3 is 1. The predicted molar refractivity (Wildman–Crippen MR) is 54.7 cm³/mol. The standard InChI is InChI=1S/C12H16O2/c1-12-6-4-3-5-9(12)7-10(14-2)8-11(12)13/h3-4,8-9H,5-7H2,1-2H3. The summed E-state index contributed by atoms with van der Waals surface area (Å²) in [4.78, 5) is 11.9. The molecule has 0 fully saturated rings. The van der Waals surface area contributed by atoms with Crippen molar-refractivity contribution in [2.45, 2.75) is 26.2 Å². The molecule has 2 aliphatic carbocycles. The van der Waals surface area contributed by atoms with Crippen molar-refractivity contribution in [3.8, 4) is 0 Å². The third-order valence-electron chi connectivity index (χ3n) is 3.59. The average molecular weight is 192 g/mol. The van der Waals surface area contributed by atoms with Crippen LogP contribution in [0, 0.1) is 11.3 Å². The number of rotatable bonds is 1. The summed E-state index contributed by atoms with van der Waals surface area (Å²) in [6.45, 7) is 2.08. The summed E-state index contributed by atoms with van der Waals surface area (Å²) < 4.78 is 5.17. The van der Waals surface area contributed by atoms with E-state index in [4.69, 9.17) is 4.74 Å². The summed E-state index contributed by atoms with van der Waals surface area (Å²) in [5.41, 5.74) is -0.170. The van der Waals surface area contributed by atoms with Crippen molar-refractivity contribution in [1.82, 2.24) is 0 Å². The number of ether oxygens (including phenoxy) is 1. The maximum atomic E-state index is 11.9. The summed E-state index contributed by atoms with van der Waals surface area (Å²) >= 11 is 0. The maximum absolute atomic E-state index is 11.9. The van der Waals surface area contributed by atoms with Crippen LogP contribution in [0.4, 0.5) is 0 Å². The van der Waals surface area contributed by atoms with Crippen LogP contribution < -0.4 is 0 Å². The highest BCUT2D eigenvalue weighted by molar-refractivity contribution is 5.96. The van der Waals surface area contributed by atoms with Crippen molar-refractivity contribution < 1.29 is 9.53 Å². The Bertz CT molecular complexity index is 314. The molecule has 0 bridgehead atoms. The highest BCUT2D eigenvalue weighted by atomic mass is 16.5. The molecule has 0 aromatic rings. The predicted octanol–water partition coefficient (Wildman–Crippen LogP) is 2.46. The minimum absolute atomic E-state index is 0.170. The fraction of sp³-hybridized carbons (Fsp3) is 0.583. The van der Waals surface area contributed by atoms with Crippen molar-refractivity contribution in [2.24, 2.45) is 11.3 Å². The quantitative estimate of drug-likeness (QED) is 0.596. The second-order valence-corrected chi connectivity index (χ2v) is 4.41. The number of fused-ring (bicyclic) bond motifs is 1. The zero-order chi connectivity index (χ0) is 10.2. The lowest BCUT2D eigenvalue weighted by molar-refractivity contribution is -0.127.